The molecule has 1 N–H and O–H groups in total. The molecule has 0 saturated heterocycles. The molecule has 1 aliphatic rings. The number of hydrogen-bond donors (Lipinski definition) is 1. The quantitative estimate of drug-likeness (QED) is 0.684. The van der Waals surface area contributed by atoms with E-state index in [-0.39, 0.29) is 5.54 Å². The lowest BCUT2D eigenvalue weighted by Crippen LogP contribution is -2.53. The molecule has 0 spiro atoms. The molecule has 92 valence electrons. The van der Waals surface area contributed by atoms with Crippen LogP contribution in [-0.4, -0.2) is 37.1 Å². The molecule has 0 radical (unpaired) electrons. The summed E-state index contributed by atoms with van der Waals surface area (Å²) >= 11 is 0. The van der Waals surface area contributed by atoms with Crippen LogP contribution in [0, 0.1) is 17.2 Å². The Morgan fingerprint density at radius 2 is 2.12 bits per heavy atom. The average Bonchev–Trinajstić information content (AvgIpc) is 3.09. The van der Waals surface area contributed by atoms with Gasteiger partial charge in [0.15, 0.2) is 0 Å². The van der Waals surface area contributed by atoms with Gasteiger partial charge in [-0.15, -0.1) is 0 Å². The van der Waals surface area contributed by atoms with Gasteiger partial charge in [-0.3, -0.25) is 5.32 Å². The van der Waals surface area contributed by atoms with Crippen molar-refractivity contribution in [3.63, 3.8) is 0 Å². The number of nitrogens with one attached hydrogen (secondary N) is 1. The zero-order valence-corrected chi connectivity index (χ0v) is 10.9. The largest absolute Gasteiger partial charge is 0.303 e. The first-order valence-corrected chi connectivity index (χ1v) is 6.53. The van der Waals surface area contributed by atoms with E-state index in [1.807, 2.05) is 0 Å². The minimum absolute atomic E-state index is 0.294. The maximum atomic E-state index is 9.45. The van der Waals surface area contributed by atoms with Gasteiger partial charge < -0.3 is 4.90 Å². The van der Waals surface area contributed by atoms with Crippen molar-refractivity contribution in [1.82, 2.24) is 10.2 Å². The third-order valence-corrected chi connectivity index (χ3v) is 3.38. The molecule has 1 unspecified atom stereocenters. The van der Waals surface area contributed by atoms with Gasteiger partial charge in [0.25, 0.3) is 0 Å². The van der Waals surface area contributed by atoms with Gasteiger partial charge in [0.2, 0.25) is 0 Å². The van der Waals surface area contributed by atoms with Crippen LogP contribution in [0.4, 0.5) is 0 Å². The Kier molecular flexibility index (Phi) is 5.24. The van der Waals surface area contributed by atoms with Crippen molar-refractivity contribution in [2.75, 3.05) is 26.7 Å². The smallest absolute Gasteiger partial charge is 0.122 e. The maximum absolute atomic E-state index is 9.45. The first kappa shape index (κ1) is 13.5. The van der Waals surface area contributed by atoms with Crippen LogP contribution in [0.5, 0.6) is 0 Å². The highest BCUT2D eigenvalue weighted by Gasteiger charge is 2.45. The van der Waals surface area contributed by atoms with Crippen molar-refractivity contribution in [3.8, 4) is 6.07 Å². The predicted octanol–water partition coefficient (Wildman–Crippen LogP) is 2.00. The Balaban J connectivity index is 2.52. The molecule has 0 amide bonds. The van der Waals surface area contributed by atoms with Crippen LogP contribution < -0.4 is 5.32 Å². The van der Waals surface area contributed by atoms with E-state index < -0.39 is 0 Å². The molecule has 1 rings (SSSR count). The molecular formula is C13H25N3. The molecular weight excluding hydrogens is 198 g/mol. The van der Waals surface area contributed by atoms with E-state index in [0.29, 0.717) is 5.92 Å². The number of nitriles is 1. The summed E-state index contributed by atoms with van der Waals surface area (Å²) in [4.78, 5) is 2.30. The summed E-state index contributed by atoms with van der Waals surface area (Å²) in [7, 11) is 2.13. The molecule has 0 aromatic heterocycles. The Labute approximate surface area is 99.8 Å². The summed E-state index contributed by atoms with van der Waals surface area (Å²) in [6.45, 7) is 7.13. The fourth-order valence-corrected chi connectivity index (χ4v) is 2.32. The van der Waals surface area contributed by atoms with Gasteiger partial charge in [-0.1, -0.05) is 20.3 Å². The van der Waals surface area contributed by atoms with Crippen molar-refractivity contribution in [2.45, 2.75) is 45.1 Å². The molecule has 1 fully saturated rings. The monoisotopic (exact) mass is 223 g/mol. The minimum Gasteiger partial charge on any atom is -0.303 e. The highest BCUT2D eigenvalue weighted by Crippen LogP contribution is 2.39. The van der Waals surface area contributed by atoms with Crippen molar-refractivity contribution in [3.05, 3.63) is 0 Å². The second kappa shape index (κ2) is 6.22. The maximum Gasteiger partial charge on any atom is 0.122 e. The van der Waals surface area contributed by atoms with E-state index in [4.69, 9.17) is 0 Å². The molecule has 0 aliphatic heterocycles. The van der Waals surface area contributed by atoms with Gasteiger partial charge >= 0.3 is 0 Å². The van der Waals surface area contributed by atoms with Crippen LogP contribution in [0.3, 0.4) is 0 Å². The highest BCUT2D eigenvalue weighted by molar-refractivity contribution is 5.16. The van der Waals surface area contributed by atoms with Gasteiger partial charge in [-0.25, -0.2) is 0 Å². The van der Waals surface area contributed by atoms with Gasteiger partial charge in [-0.2, -0.15) is 5.26 Å². The summed E-state index contributed by atoms with van der Waals surface area (Å²) in [5, 5.41) is 12.9. The Bertz CT molecular complexity index is 242. The summed E-state index contributed by atoms with van der Waals surface area (Å²) in [6.07, 6.45) is 4.85. The van der Waals surface area contributed by atoms with Crippen LogP contribution in [0.2, 0.25) is 0 Å². The average molecular weight is 223 g/mol. The SMILES string of the molecule is CCCCN(C)CC(C#N)(NCC)C1CC1. The fourth-order valence-electron chi connectivity index (χ4n) is 2.32. The number of likely N-dealkylation sites (N-methyl/N-ethyl adjacent to an activating group) is 2. The lowest BCUT2D eigenvalue weighted by molar-refractivity contribution is 0.228. The van der Waals surface area contributed by atoms with Crippen LogP contribution >= 0.6 is 0 Å². The lowest BCUT2D eigenvalue weighted by Gasteiger charge is -2.32. The molecule has 3 nitrogen and oxygen atoms in total. The zero-order chi connectivity index (χ0) is 12.0. The van der Waals surface area contributed by atoms with E-state index in [9.17, 15) is 5.26 Å². The minimum atomic E-state index is -0.294. The second-order valence-electron chi connectivity index (χ2n) is 4.98. The molecule has 3 heteroatoms. The fraction of sp³-hybridized carbons (Fsp3) is 0.923. The summed E-state index contributed by atoms with van der Waals surface area (Å²) in [5.41, 5.74) is -0.294. The zero-order valence-electron chi connectivity index (χ0n) is 10.9. The van der Waals surface area contributed by atoms with Crippen LogP contribution in [0.25, 0.3) is 0 Å². The molecule has 0 heterocycles. The van der Waals surface area contributed by atoms with Crippen molar-refractivity contribution in [2.24, 2.45) is 5.92 Å². The number of unbranched alkanes of at least 4 members (excludes halogenated alkanes) is 1. The third kappa shape index (κ3) is 3.47. The molecule has 0 aromatic rings. The normalized spacial score (nSPS) is 19.4. The van der Waals surface area contributed by atoms with Crippen molar-refractivity contribution >= 4 is 0 Å². The summed E-state index contributed by atoms with van der Waals surface area (Å²) in [6, 6.07) is 2.53. The number of nitrogens with zero attached hydrogens (tertiary/aromatic N) is 2. The van der Waals surface area contributed by atoms with Gasteiger partial charge in [0, 0.05) is 6.54 Å². The van der Waals surface area contributed by atoms with E-state index >= 15 is 0 Å². The van der Waals surface area contributed by atoms with Crippen LogP contribution in [0.1, 0.15) is 39.5 Å². The van der Waals surface area contributed by atoms with Crippen molar-refractivity contribution in [1.29, 1.82) is 5.26 Å². The van der Waals surface area contributed by atoms with E-state index in [1.54, 1.807) is 0 Å². The van der Waals surface area contributed by atoms with Crippen molar-refractivity contribution < 1.29 is 0 Å². The third-order valence-electron chi connectivity index (χ3n) is 3.38. The number of hydrogen-bond acceptors (Lipinski definition) is 3. The molecule has 1 saturated carbocycles. The summed E-state index contributed by atoms with van der Waals surface area (Å²) in [5.74, 6) is 0.571. The topological polar surface area (TPSA) is 39.1 Å². The Hall–Kier alpha value is -0.590. The number of rotatable bonds is 8. The predicted molar refractivity (Wildman–Crippen MR) is 67.1 cm³/mol. The standard InChI is InChI=1S/C13H25N3/c1-4-6-9-16(3)11-13(10-14,15-5-2)12-7-8-12/h12,15H,4-9,11H2,1-3H3. The summed E-state index contributed by atoms with van der Waals surface area (Å²) < 4.78 is 0. The Morgan fingerprint density at radius 1 is 1.44 bits per heavy atom. The van der Waals surface area contributed by atoms with Crippen LogP contribution in [0.15, 0.2) is 0 Å². The molecule has 1 aliphatic carbocycles. The highest BCUT2D eigenvalue weighted by atomic mass is 15.2. The van der Waals surface area contributed by atoms with Crippen LogP contribution in [-0.2, 0) is 0 Å². The van der Waals surface area contributed by atoms with Gasteiger partial charge in [0.05, 0.1) is 6.07 Å². The first-order valence-electron chi connectivity index (χ1n) is 6.53. The van der Waals surface area contributed by atoms with Gasteiger partial charge in [0.1, 0.15) is 5.54 Å². The second-order valence-corrected chi connectivity index (χ2v) is 4.98. The lowest BCUT2D eigenvalue weighted by atomic mass is 9.94. The Morgan fingerprint density at radius 3 is 2.56 bits per heavy atom. The van der Waals surface area contributed by atoms with E-state index in [2.05, 4.69) is 37.2 Å². The molecule has 0 bridgehead atoms. The molecule has 16 heavy (non-hydrogen) atoms. The van der Waals surface area contributed by atoms with Gasteiger partial charge in [-0.05, 0) is 45.3 Å². The van der Waals surface area contributed by atoms with E-state index in [0.717, 1.165) is 19.6 Å². The molecule has 1 atom stereocenters. The van der Waals surface area contributed by atoms with E-state index in [1.165, 1.54) is 25.7 Å². The first-order chi connectivity index (χ1) is 7.68. The molecule has 0 aromatic carbocycles.